The van der Waals surface area contributed by atoms with Crippen molar-refractivity contribution >= 4 is 5.91 Å². The van der Waals surface area contributed by atoms with Gasteiger partial charge in [0.1, 0.15) is 0 Å². The van der Waals surface area contributed by atoms with Crippen LogP contribution < -0.4 is 5.73 Å². The van der Waals surface area contributed by atoms with Crippen LogP contribution >= 0.6 is 0 Å². The first-order chi connectivity index (χ1) is 8.17. The molecule has 1 atom stereocenters. The van der Waals surface area contributed by atoms with Gasteiger partial charge in [-0.2, -0.15) is 0 Å². The normalized spacial score (nSPS) is 24.5. The zero-order chi connectivity index (χ0) is 12.3. The molecule has 0 bridgehead atoms. The van der Waals surface area contributed by atoms with Crippen LogP contribution in [0.1, 0.15) is 45.4 Å². The summed E-state index contributed by atoms with van der Waals surface area (Å²) < 4.78 is 5.81. The lowest BCUT2D eigenvalue weighted by Gasteiger charge is -2.48. The summed E-state index contributed by atoms with van der Waals surface area (Å²) in [5.41, 5.74) is 5.93. The van der Waals surface area contributed by atoms with Gasteiger partial charge < -0.3 is 15.4 Å². The minimum atomic E-state index is -0.315. The predicted molar refractivity (Wildman–Crippen MR) is 66.6 cm³/mol. The van der Waals surface area contributed by atoms with Gasteiger partial charge in [0, 0.05) is 13.1 Å². The van der Waals surface area contributed by atoms with Crippen LogP contribution in [0.4, 0.5) is 0 Å². The van der Waals surface area contributed by atoms with Crippen molar-refractivity contribution in [1.82, 2.24) is 4.90 Å². The van der Waals surface area contributed by atoms with E-state index in [0.717, 1.165) is 38.6 Å². The predicted octanol–water partition coefficient (Wildman–Crippen LogP) is 1.29. The Labute approximate surface area is 103 Å². The first-order valence-corrected chi connectivity index (χ1v) is 6.85. The standard InChI is InChI=1S/C13H24N2O2/c1-2-3-5-11(14)12(16)15-8-9-17-13(10-15)6-4-7-13/h11H,2-10,14H2,1H3/t11-/m0/s1. The number of ether oxygens (including phenoxy) is 1. The van der Waals surface area contributed by atoms with Crippen LogP contribution in [0.25, 0.3) is 0 Å². The Bertz CT molecular complexity index is 277. The fourth-order valence-electron chi connectivity index (χ4n) is 2.69. The van der Waals surface area contributed by atoms with Crippen molar-refractivity contribution < 1.29 is 9.53 Å². The fourth-order valence-corrected chi connectivity index (χ4v) is 2.69. The number of nitrogens with two attached hydrogens (primary N) is 1. The van der Waals surface area contributed by atoms with Gasteiger partial charge >= 0.3 is 0 Å². The third-order valence-electron chi connectivity index (χ3n) is 4.01. The van der Waals surface area contributed by atoms with E-state index >= 15 is 0 Å². The Morgan fingerprint density at radius 2 is 2.29 bits per heavy atom. The number of rotatable bonds is 4. The molecule has 1 spiro atoms. The molecule has 1 aliphatic heterocycles. The first kappa shape index (κ1) is 12.8. The average molecular weight is 240 g/mol. The quantitative estimate of drug-likeness (QED) is 0.805. The largest absolute Gasteiger partial charge is 0.371 e. The van der Waals surface area contributed by atoms with Crippen LogP contribution in [-0.4, -0.2) is 42.1 Å². The topological polar surface area (TPSA) is 55.6 Å². The molecule has 1 aliphatic carbocycles. The second-order valence-corrected chi connectivity index (χ2v) is 5.39. The van der Waals surface area contributed by atoms with Crippen LogP contribution in [0.15, 0.2) is 0 Å². The lowest BCUT2D eigenvalue weighted by molar-refractivity contribution is -0.168. The van der Waals surface area contributed by atoms with Gasteiger partial charge in [-0.25, -0.2) is 0 Å². The summed E-state index contributed by atoms with van der Waals surface area (Å²) in [6, 6.07) is -0.315. The number of amides is 1. The lowest BCUT2D eigenvalue weighted by Crippen LogP contribution is -2.59. The number of hydrogen-bond donors (Lipinski definition) is 1. The Balaban J connectivity index is 1.86. The summed E-state index contributed by atoms with van der Waals surface area (Å²) in [5.74, 6) is 0.119. The smallest absolute Gasteiger partial charge is 0.239 e. The van der Waals surface area contributed by atoms with Crippen molar-refractivity contribution in [2.45, 2.75) is 57.1 Å². The van der Waals surface area contributed by atoms with Crippen molar-refractivity contribution in [3.8, 4) is 0 Å². The van der Waals surface area contributed by atoms with E-state index < -0.39 is 0 Å². The molecule has 1 saturated carbocycles. The second kappa shape index (κ2) is 5.36. The van der Waals surface area contributed by atoms with Gasteiger partial charge in [0.15, 0.2) is 0 Å². The van der Waals surface area contributed by atoms with Crippen molar-refractivity contribution in [2.75, 3.05) is 19.7 Å². The Morgan fingerprint density at radius 3 is 2.88 bits per heavy atom. The van der Waals surface area contributed by atoms with Gasteiger partial charge in [0.25, 0.3) is 0 Å². The SMILES string of the molecule is CCCC[C@H](N)C(=O)N1CCOC2(CCC2)C1. The minimum Gasteiger partial charge on any atom is -0.371 e. The highest BCUT2D eigenvalue weighted by Crippen LogP contribution is 2.38. The van der Waals surface area contributed by atoms with Crippen molar-refractivity contribution in [1.29, 1.82) is 0 Å². The number of carbonyl (C=O) groups is 1. The summed E-state index contributed by atoms with van der Waals surface area (Å²) in [6.45, 7) is 4.26. The molecule has 1 amide bonds. The van der Waals surface area contributed by atoms with E-state index in [-0.39, 0.29) is 17.6 Å². The lowest BCUT2D eigenvalue weighted by atomic mass is 9.78. The van der Waals surface area contributed by atoms with Gasteiger partial charge in [-0.1, -0.05) is 19.8 Å². The van der Waals surface area contributed by atoms with Crippen LogP contribution in [0.5, 0.6) is 0 Å². The maximum atomic E-state index is 12.2. The Morgan fingerprint density at radius 1 is 1.53 bits per heavy atom. The number of morpholine rings is 1. The number of unbranched alkanes of at least 4 members (excludes halogenated alkanes) is 1. The summed E-state index contributed by atoms with van der Waals surface area (Å²) >= 11 is 0. The Kier molecular flexibility index (Phi) is 4.05. The van der Waals surface area contributed by atoms with Gasteiger partial charge in [0.05, 0.1) is 18.2 Å². The first-order valence-electron chi connectivity index (χ1n) is 6.85. The molecule has 4 heteroatoms. The molecule has 2 N–H and O–H groups in total. The second-order valence-electron chi connectivity index (χ2n) is 5.39. The molecule has 0 aromatic rings. The molecule has 1 heterocycles. The molecule has 0 aromatic heterocycles. The van der Waals surface area contributed by atoms with Crippen LogP contribution in [0, 0.1) is 0 Å². The molecule has 1 saturated heterocycles. The van der Waals surface area contributed by atoms with Gasteiger partial charge in [-0.05, 0) is 25.7 Å². The van der Waals surface area contributed by atoms with Gasteiger partial charge in [-0.3, -0.25) is 4.79 Å². The van der Waals surface area contributed by atoms with E-state index in [4.69, 9.17) is 10.5 Å². The third kappa shape index (κ3) is 2.80. The maximum absolute atomic E-state index is 12.2. The number of hydrogen-bond acceptors (Lipinski definition) is 3. The highest BCUT2D eigenvalue weighted by Gasteiger charge is 2.43. The summed E-state index contributed by atoms with van der Waals surface area (Å²) in [6.07, 6.45) is 6.35. The van der Waals surface area contributed by atoms with E-state index in [1.165, 1.54) is 6.42 Å². The van der Waals surface area contributed by atoms with Crippen molar-refractivity contribution in [2.24, 2.45) is 5.73 Å². The molecule has 2 fully saturated rings. The molecule has 0 radical (unpaired) electrons. The maximum Gasteiger partial charge on any atom is 0.239 e. The van der Waals surface area contributed by atoms with Crippen LogP contribution in [0.2, 0.25) is 0 Å². The zero-order valence-corrected chi connectivity index (χ0v) is 10.8. The van der Waals surface area contributed by atoms with E-state index in [2.05, 4.69) is 6.92 Å². The highest BCUT2D eigenvalue weighted by molar-refractivity contribution is 5.81. The molecule has 98 valence electrons. The summed E-state index contributed by atoms with van der Waals surface area (Å²) in [7, 11) is 0. The number of carbonyl (C=O) groups excluding carboxylic acids is 1. The van der Waals surface area contributed by atoms with Crippen LogP contribution in [0.3, 0.4) is 0 Å². The molecular formula is C13H24N2O2. The van der Waals surface area contributed by atoms with Crippen molar-refractivity contribution in [3.05, 3.63) is 0 Å². The van der Waals surface area contributed by atoms with E-state index in [0.29, 0.717) is 13.2 Å². The monoisotopic (exact) mass is 240 g/mol. The van der Waals surface area contributed by atoms with Gasteiger partial charge in [0.2, 0.25) is 5.91 Å². The van der Waals surface area contributed by atoms with E-state index in [1.807, 2.05) is 4.90 Å². The third-order valence-corrected chi connectivity index (χ3v) is 4.01. The molecule has 0 aromatic carbocycles. The average Bonchev–Trinajstić information content (AvgIpc) is 2.33. The van der Waals surface area contributed by atoms with E-state index in [9.17, 15) is 4.79 Å². The summed E-state index contributed by atoms with van der Waals surface area (Å²) in [4.78, 5) is 14.1. The fraction of sp³-hybridized carbons (Fsp3) is 0.923. The van der Waals surface area contributed by atoms with Crippen LogP contribution in [-0.2, 0) is 9.53 Å². The van der Waals surface area contributed by atoms with Crippen molar-refractivity contribution in [3.63, 3.8) is 0 Å². The molecule has 4 nitrogen and oxygen atoms in total. The molecule has 17 heavy (non-hydrogen) atoms. The molecule has 2 aliphatic rings. The van der Waals surface area contributed by atoms with Gasteiger partial charge in [-0.15, -0.1) is 0 Å². The van der Waals surface area contributed by atoms with E-state index in [1.54, 1.807) is 0 Å². The molecular weight excluding hydrogens is 216 g/mol. The number of nitrogens with zero attached hydrogens (tertiary/aromatic N) is 1. The molecule has 2 rings (SSSR count). The minimum absolute atomic E-state index is 0.0155. The highest BCUT2D eigenvalue weighted by atomic mass is 16.5. The Hall–Kier alpha value is -0.610. The molecule has 0 unspecified atom stereocenters. The summed E-state index contributed by atoms with van der Waals surface area (Å²) in [5, 5.41) is 0. The zero-order valence-electron chi connectivity index (χ0n) is 10.8.